The molecule has 0 aromatic carbocycles. The van der Waals surface area contributed by atoms with Gasteiger partial charge in [0.2, 0.25) is 0 Å². The fourth-order valence-electron chi connectivity index (χ4n) is 2.42. The van der Waals surface area contributed by atoms with Crippen LogP contribution < -0.4 is 5.32 Å². The van der Waals surface area contributed by atoms with Crippen LogP contribution in [-0.2, 0) is 7.05 Å². The number of aromatic nitrogens is 1. The van der Waals surface area contributed by atoms with E-state index in [-0.39, 0.29) is 11.7 Å². The van der Waals surface area contributed by atoms with E-state index in [1.54, 1.807) is 11.9 Å². The van der Waals surface area contributed by atoms with Crippen LogP contribution in [0.15, 0.2) is 12.1 Å². The lowest BCUT2D eigenvalue weighted by molar-refractivity contribution is -0.391. The molecule has 2 heterocycles. The number of rotatable bonds is 4. The van der Waals surface area contributed by atoms with E-state index in [0.29, 0.717) is 18.3 Å². The zero-order valence-electron chi connectivity index (χ0n) is 11.1. The summed E-state index contributed by atoms with van der Waals surface area (Å²) in [5.74, 6) is -0.264. The maximum absolute atomic E-state index is 12.2. The largest absolute Gasteiger partial charge is 0.358 e. The van der Waals surface area contributed by atoms with Crippen LogP contribution in [0.2, 0.25) is 0 Å². The second-order valence-corrected chi connectivity index (χ2v) is 4.87. The first-order valence-electron chi connectivity index (χ1n) is 6.29. The van der Waals surface area contributed by atoms with E-state index in [1.165, 1.54) is 23.7 Å². The summed E-state index contributed by atoms with van der Waals surface area (Å²) in [5, 5.41) is 14.1. The van der Waals surface area contributed by atoms with Gasteiger partial charge in [-0.25, -0.2) is 4.57 Å². The Morgan fingerprint density at radius 2 is 2.37 bits per heavy atom. The Kier molecular flexibility index (Phi) is 3.84. The minimum atomic E-state index is -0.491. The molecule has 0 spiro atoms. The van der Waals surface area contributed by atoms with E-state index >= 15 is 0 Å². The number of hydrogen-bond acceptors (Lipinski definition) is 4. The van der Waals surface area contributed by atoms with Crippen LogP contribution in [-0.4, -0.2) is 46.5 Å². The summed E-state index contributed by atoms with van der Waals surface area (Å²) in [6, 6.07) is 3.18. The van der Waals surface area contributed by atoms with E-state index in [2.05, 4.69) is 5.32 Å². The third-order valence-corrected chi connectivity index (χ3v) is 3.50. The highest BCUT2D eigenvalue weighted by Crippen LogP contribution is 2.17. The molecule has 0 bridgehead atoms. The fraction of sp³-hybridized carbons (Fsp3) is 0.583. The van der Waals surface area contributed by atoms with Crippen LogP contribution in [0.1, 0.15) is 23.3 Å². The molecule has 1 fully saturated rings. The van der Waals surface area contributed by atoms with Gasteiger partial charge in [0.1, 0.15) is 0 Å². The molecule has 1 saturated heterocycles. The summed E-state index contributed by atoms with van der Waals surface area (Å²) in [6.45, 7) is 1.61. The predicted octanol–water partition coefficient (Wildman–Crippen LogP) is 0.757. The van der Waals surface area contributed by atoms with Gasteiger partial charge < -0.3 is 20.3 Å². The van der Waals surface area contributed by atoms with Gasteiger partial charge in [0, 0.05) is 25.7 Å². The molecule has 1 aliphatic rings. The molecule has 0 saturated carbocycles. The summed E-state index contributed by atoms with van der Waals surface area (Å²) < 4.78 is 1.32. The number of carbonyl (C=O) groups is 1. The average molecular weight is 266 g/mol. The summed E-state index contributed by atoms with van der Waals surface area (Å²) in [7, 11) is 3.26. The lowest BCUT2D eigenvalue weighted by atomic mass is 10.2. The molecule has 1 N–H and O–H groups in total. The molecule has 1 unspecified atom stereocenters. The number of hydrogen-bond donors (Lipinski definition) is 1. The van der Waals surface area contributed by atoms with Crippen molar-refractivity contribution in [3.63, 3.8) is 0 Å². The Bertz CT molecular complexity index is 491. The monoisotopic (exact) mass is 266 g/mol. The zero-order valence-corrected chi connectivity index (χ0v) is 11.1. The quantitative estimate of drug-likeness (QED) is 0.644. The SMILES string of the molecule is CN(CC1CCCN1)C(=O)c1ccc([N+](=O)[O-])n1C. The Morgan fingerprint density at radius 3 is 2.89 bits per heavy atom. The smallest absolute Gasteiger partial charge is 0.323 e. The Balaban J connectivity index is 2.08. The third kappa shape index (κ3) is 2.76. The lowest BCUT2D eigenvalue weighted by Crippen LogP contribution is -2.39. The number of nitrogens with one attached hydrogen (secondary N) is 1. The lowest BCUT2D eigenvalue weighted by Gasteiger charge is -2.20. The number of nitro groups is 1. The van der Waals surface area contributed by atoms with Gasteiger partial charge in [0.05, 0.1) is 7.05 Å². The van der Waals surface area contributed by atoms with Gasteiger partial charge in [-0.15, -0.1) is 0 Å². The van der Waals surface area contributed by atoms with Crippen LogP contribution in [0.4, 0.5) is 5.82 Å². The molecule has 1 amide bonds. The molecule has 7 heteroatoms. The van der Waals surface area contributed by atoms with Crippen molar-refractivity contribution in [2.45, 2.75) is 18.9 Å². The Labute approximate surface area is 111 Å². The van der Waals surface area contributed by atoms with Crippen molar-refractivity contribution in [2.24, 2.45) is 7.05 Å². The van der Waals surface area contributed by atoms with Crippen molar-refractivity contribution in [1.29, 1.82) is 0 Å². The van der Waals surface area contributed by atoms with E-state index in [0.717, 1.165) is 19.4 Å². The highest BCUT2D eigenvalue weighted by Gasteiger charge is 2.25. The maximum Gasteiger partial charge on any atom is 0.323 e. The summed E-state index contributed by atoms with van der Waals surface area (Å²) in [6.07, 6.45) is 2.19. The standard InChI is InChI=1S/C12H18N4O3/c1-14(8-9-4-3-7-13-9)12(17)10-5-6-11(15(10)2)16(18)19/h5-6,9,13H,3-4,7-8H2,1-2H3. The first kappa shape index (κ1) is 13.5. The van der Waals surface area contributed by atoms with Crippen molar-refractivity contribution in [1.82, 2.24) is 14.8 Å². The topological polar surface area (TPSA) is 80.4 Å². The maximum atomic E-state index is 12.2. The van der Waals surface area contributed by atoms with E-state index < -0.39 is 4.92 Å². The van der Waals surface area contributed by atoms with Crippen molar-refractivity contribution < 1.29 is 9.72 Å². The summed E-state index contributed by atoms with van der Waals surface area (Å²) in [5.41, 5.74) is 0.340. The second kappa shape index (κ2) is 5.40. The number of nitrogens with zero attached hydrogens (tertiary/aromatic N) is 3. The minimum absolute atomic E-state index is 0.0734. The van der Waals surface area contributed by atoms with Gasteiger partial charge in [-0.2, -0.15) is 0 Å². The molecule has 19 heavy (non-hydrogen) atoms. The van der Waals surface area contributed by atoms with Crippen LogP contribution in [0.5, 0.6) is 0 Å². The number of amides is 1. The molecule has 1 atom stereocenters. The molecule has 0 radical (unpaired) electrons. The third-order valence-electron chi connectivity index (χ3n) is 3.50. The summed E-state index contributed by atoms with van der Waals surface area (Å²) >= 11 is 0. The van der Waals surface area contributed by atoms with E-state index in [1.807, 2.05) is 0 Å². The predicted molar refractivity (Wildman–Crippen MR) is 70.1 cm³/mol. The molecular formula is C12H18N4O3. The highest BCUT2D eigenvalue weighted by molar-refractivity contribution is 5.93. The van der Waals surface area contributed by atoms with Gasteiger partial charge in [-0.05, 0) is 30.4 Å². The number of likely N-dealkylation sites (N-methyl/N-ethyl adjacent to an activating group) is 1. The van der Waals surface area contributed by atoms with Crippen LogP contribution in [0.25, 0.3) is 0 Å². The molecule has 2 rings (SSSR count). The fourth-order valence-corrected chi connectivity index (χ4v) is 2.42. The van der Waals surface area contributed by atoms with Crippen LogP contribution in [0, 0.1) is 10.1 Å². The van der Waals surface area contributed by atoms with E-state index in [4.69, 9.17) is 0 Å². The first-order valence-corrected chi connectivity index (χ1v) is 6.29. The van der Waals surface area contributed by atoms with Gasteiger partial charge in [0.25, 0.3) is 5.91 Å². The normalized spacial score (nSPS) is 18.5. The van der Waals surface area contributed by atoms with Crippen molar-refractivity contribution in [3.05, 3.63) is 27.9 Å². The zero-order chi connectivity index (χ0) is 14.0. The molecule has 1 aliphatic heterocycles. The molecule has 7 nitrogen and oxygen atoms in total. The highest BCUT2D eigenvalue weighted by atomic mass is 16.6. The molecule has 1 aromatic heterocycles. The number of carbonyl (C=O) groups excluding carboxylic acids is 1. The minimum Gasteiger partial charge on any atom is -0.358 e. The van der Waals surface area contributed by atoms with Crippen LogP contribution >= 0.6 is 0 Å². The first-order chi connectivity index (χ1) is 9.00. The molecule has 104 valence electrons. The van der Waals surface area contributed by atoms with Crippen molar-refractivity contribution in [3.8, 4) is 0 Å². The van der Waals surface area contributed by atoms with Gasteiger partial charge in [-0.1, -0.05) is 0 Å². The van der Waals surface area contributed by atoms with Crippen LogP contribution in [0.3, 0.4) is 0 Å². The second-order valence-electron chi connectivity index (χ2n) is 4.87. The van der Waals surface area contributed by atoms with Crippen molar-refractivity contribution >= 4 is 11.7 Å². The van der Waals surface area contributed by atoms with Gasteiger partial charge in [-0.3, -0.25) is 4.79 Å². The Morgan fingerprint density at radius 1 is 1.63 bits per heavy atom. The molecule has 0 aliphatic carbocycles. The molecular weight excluding hydrogens is 248 g/mol. The van der Waals surface area contributed by atoms with E-state index in [9.17, 15) is 14.9 Å². The molecule has 1 aromatic rings. The Hall–Kier alpha value is -1.89. The van der Waals surface area contributed by atoms with Gasteiger partial charge in [0.15, 0.2) is 5.69 Å². The van der Waals surface area contributed by atoms with Gasteiger partial charge >= 0.3 is 5.82 Å². The summed E-state index contributed by atoms with van der Waals surface area (Å²) in [4.78, 5) is 24.1. The average Bonchev–Trinajstić information content (AvgIpc) is 2.97. The van der Waals surface area contributed by atoms with Crippen molar-refractivity contribution in [2.75, 3.05) is 20.1 Å².